The van der Waals surface area contributed by atoms with Crippen LogP contribution in [0.15, 0.2) is 11.6 Å². The molecular weight excluding hydrogens is 416 g/mol. The molecule has 0 aliphatic heterocycles. The quantitative estimate of drug-likeness (QED) is 0.173. The van der Waals surface area contributed by atoms with Crippen molar-refractivity contribution in [3.63, 3.8) is 0 Å². The summed E-state index contributed by atoms with van der Waals surface area (Å²) in [4.78, 5) is 4.89. The van der Waals surface area contributed by atoms with E-state index in [2.05, 4.69) is 61.5 Å². The van der Waals surface area contributed by atoms with Crippen molar-refractivity contribution in [1.82, 2.24) is 0 Å². The number of fused-ring (bicyclic) bond motifs is 5. The Morgan fingerprint density at radius 3 is 2.24 bits per heavy atom. The molecule has 0 aromatic rings. The predicted molar refractivity (Wildman–Crippen MR) is 143 cm³/mol. The number of allylic oxidation sites excluding steroid dienone is 2. The summed E-state index contributed by atoms with van der Waals surface area (Å²) in [6.45, 7) is 19.5. The van der Waals surface area contributed by atoms with Crippen molar-refractivity contribution >= 4 is 0 Å². The molecule has 0 heterocycles. The Balaban J connectivity index is 1.48. The van der Waals surface area contributed by atoms with E-state index >= 15 is 0 Å². The molecule has 0 spiro atoms. The van der Waals surface area contributed by atoms with E-state index in [0.29, 0.717) is 16.7 Å². The fourth-order valence-electron chi connectivity index (χ4n) is 11.1. The molecular formula is C32H56O2. The normalized spacial score (nSPS) is 45.0. The van der Waals surface area contributed by atoms with Crippen LogP contribution < -0.4 is 0 Å². The average Bonchev–Trinajstić information content (AvgIpc) is 3.13. The lowest BCUT2D eigenvalue weighted by Gasteiger charge is -2.65. The minimum Gasteiger partial charge on any atom is -0.252 e. The summed E-state index contributed by atoms with van der Waals surface area (Å²) in [5.41, 5.74) is 2.75. The molecule has 2 heteroatoms. The van der Waals surface area contributed by atoms with Crippen LogP contribution in [0.1, 0.15) is 126 Å². The van der Waals surface area contributed by atoms with Gasteiger partial charge in [0.05, 0.1) is 6.10 Å². The minimum atomic E-state index is -0.0549. The SMILES string of the molecule is CC(C)=CCCCC(C)C1CCC2C3CCC4C(C)(C)C(C(C)OO)CCC4(C)C3CCC12C. The van der Waals surface area contributed by atoms with Crippen LogP contribution in [0.2, 0.25) is 0 Å². The topological polar surface area (TPSA) is 29.5 Å². The Bertz CT molecular complexity index is 735. The van der Waals surface area contributed by atoms with Crippen molar-refractivity contribution in [2.24, 2.45) is 57.7 Å². The van der Waals surface area contributed by atoms with E-state index in [9.17, 15) is 5.26 Å². The highest BCUT2D eigenvalue weighted by Crippen LogP contribution is 2.71. The van der Waals surface area contributed by atoms with Crippen molar-refractivity contribution in [1.29, 1.82) is 0 Å². The summed E-state index contributed by atoms with van der Waals surface area (Å²) in [6, 6.07) is 0. The molecule has 4 saturated carbocycles. The lowest BCUT2D eigenvalue weighted by Crippen LogP contribution is -2.59. The molecule has 0 amide bonds. The lowest BCUT2D eigenvalue weighted by atomic mass is 9.39. The second-order valence-corrected chi connectivity index (χ2v) is 14.7. The highest BCUT2D eigenvalue weighted by molar-refractivity contribution is 5.12. The van der Waals surface area contributed by atoms with E-state index in [1.165, 1.54) is 76.2 Å². The highest BCUT2D eigenvalue weighted by Gasteiger charge is 2.63. The summed E-state index contributed by atoms with van der Waals surface area (Å²) in [6.07, 6.45) is 17.7. The zero-order valence-electron chi connectivity index (χ0n) is 23.8. The Labute approximate surface area is 211 Å². The van der Waals surface area contributed by atoms with E-state index < -0.39 is 0 Å². The van der Waals surface area contributed by atoms with Crippen LogP contribution in [0.4, 0.5) is 0 Å². The van der Waals surface area contributed by atoms with Crippen molar-refractivity contribution in [2.45, 2.75) is 132 Å². The first-order valence-corrected chi connectivity index (χ1v) is 14.9. The summed E-state index contributed by atoms with van der Waals surface area (Å²) < 4.78 is 0. The Kier molecular flexibility index (Phi) is 7.74. The van der Waals surface area contributed by atoms with E-state index in [-0.39, 0.29) is 11.5 Å². The smallest absolute Gasteiger partial charge is 0.0932 e. The van der Waals surface area contributed by atoms with Crippen LogP contribution in [-0.2, 0) is 4.89 Å². The van der Waals surface area contributed by atoms with Gasteiger partial charge in [-0.25, -0.2) is 4.89 Å². The van der Waals surface area contributed by atoms with Crippen LogP contribution >= 0.6 is 0 Å². The van der Waals surface area contributed by atoms with E-state index in [1.807, 2.05) is 0 Å². The molecule has 196 valence electrons. The van der Waals surface area contributed by atoms with Gasteiger partial charge < -0.3 is 0 Å². The summed E-state index contributed by atoms with van der Waals surface area (Å²) in [7, 11) is 0. The maximum absolute atomic E-state index is 9.46. The first kappa shape index (κ1) is 26.7. The van der Waals surface area contributed by atoms with E-state index in [0.717, 1.165) is 35.5 Å². The number of rotatable bonds is 7. The molecule has 2 nitrogen and oxygen atoms in total. The first-order chi connectivity index (χ1) is 16.0. The van der Waals surface area contributed by atoms with Gasteiger partial charge in [0.25, 0.3) is 0 Å². The molecule has 1 N–H and O–H groups in total. The molecule has 0 saturated heterocycles. The standard InChI is InChI=1S/C32H56O2/c1-21(2)11-9-10-12-22(3)25-14-15-27-24-13-16-29-30(5,6)26(23(4)34-33)17-20-32(29,8)28(24)18-19-31(25,27)7/h11,22-29,33H,9-10,12-20H2,1-8H3. The fourth-order valence-corrected chi connectivity index (χ4v) is 11.1. The Hall–Kier alpha value is -0.340. The van der Waals surface area contributed by atoms with Gasteiger partial charge in [-0.1, -0.05) is 52.7 Å². The van der Waals surface area contributed by atoms with E-state index in [4.69, 9.17) is 4.89 Å². The minimum absolute atomic E-state index is 0.0549. The van der Waals surface area contributed by atoms with Gasteiger partial charge in [-0.3, -0.25) is 5.26 Å². The summed E-state index contributed by atoms with van der Waals surface area (Å²) >= 11 is 0. The van der Waals surface area contributed by atoms with E-state index in [1.54, 1.807) is 0 Å². The van der Waals surface area contributed by atoms with Crippen LogP contribution in [-0.4, -0.2) is 11.4 Å². The molecule has 0 bridgehead atoms. The van der Waals surface area contributed by atoms with Crippen LogP contribution in [0.25, 0.3) is 0 Å². The van der Waals surface area contributed by atoms with Gasteiger partial charge in [0, 0.05) is 0 Å². The molecule has 34 heavy (non-hydrogen) atoms. The molecule has 4 aliphatic carbocycles. The molecule has 4 rings (SSSR count). The van der Waals surface area contributed by atoms with Crippen molar-refractivity contribution < 1.29 is 10.1 Å². The second-order valence-electron chi connectivity index (χ2n) is 14.7. The van der Waals surface area contributed by atoms with Gasteiger partial charge in [-0.2, -0.15) is 0 Å². The number of unbranched alkanes of at least 4 members (excludes halogenated alkanes) is 1. The van der Waals surface area contributed by atoms with Crippen molar-refractivity contribution in [3.8, 4) is 0 Å². The van der Waals surface area contributed by atoms with Gasteiger partial charge in [0.15, 0.2) is 0 Å². The van der Waals surface area contributed by atoms with Gasteiger partial charge in [-0.15, -0.1) is 0 Å². The molecule has 0 radical (unpaired) electrons. The highest BCUT2D eigenvalue weighted by atomic mass is 17.1. The molecule has 10 atom stereocenters. The Morgan fingerprint density at radius 2 is 1.56 bits per heavy atom. The maximum atomic E-state index is 9.46. The molecule has 4 fully saturated rings. The van der Waals surface area contributed by atoms with Gasteiger partial charge in [-0.05, 0) is 143 Å². The third-order valence-electron chi connectivity index (χ3n) is 12.6. The van der Waals surface area contributed by atoms with Crippen LogP contribution in [0.5, 0.6) is 0 Å². The third-order valence-corrected chi connectivity index (χ3v) is 12.6. The molecule has 0 aromatic heterocycles. The zero-order valence-corrected chi connectivity index (χ0v) is 23.8. The number of hydrogen-bond acceptors (Lipinski definition) is 2. The molecule has 0 aromatic carbocycles. The van der Waals surface area contributed by atoms with Crippen LogP contribution in [0.3, 0.4) is 0 Å². The van der Waals surface area contributed by atoms with Crippen molar-refractivity contribution in [2.75, 3.05) is 0 Å². The maximum Gasteiger partial charge on any atom is 0.0932 e. The average molecular weight is 473 g/mol. The zero-order chi connectivity index (χ0) is 24.9. The van der Waals surface area contributed by atoms with Gasteiger partial charge >= 0.3 is 0 Å². The second kappa shape index (κ2) is 9.85. The lowest BCUT2D eigenvalue weighted by molar-refractivity contribution is -0.303. The summed E-state index contributed by atoms with van der Waals surface area (Å²) in [5, 5.41) is 9.46. The molecule has 4 aliphatic rings. The predicted octanol–water partition coefficient (Wildman–Crippen LogP) is 9.55. The Morgan fingerprint density at radius 1 is 0.882 bits per heavy atom. The largest absolute Gasteiger partial charge is 0.252 e. The first-order valence-electron chi connectivity index (χ1n) is 14.9. The van der Waals surface area contributed by atoms with Crippen LogP contribution in [0, 0.1) is 57.7 Å². The van der Waals surface area contributed by atoms with Gasteiger partial charge in [0.2, 0.25) is 0 Å². The number of hydrogen-bond donors (Lipinski definition) is 1. The summed E-state index contributed by atoms with van der Waals surface area (Å²) in [5.74, 6) is 5.83. The van der Waals surface area contributed by atoms with Gasteiger partial charge in [0.1, 0.15) is 0 Å². The molecule has 10 unspecified atom stereocenters. The fraction of sp³-hybridized carbons (Fsp3) is 0.938. The monoisotopic (exact) mass is 472 g/mol. The third kappa shape index (κ3) is 4.36. The van der Waals surface area contributed by atoms with Crippen molar-refractivity contribution in [3.05, 3.63) is 11.6 Å².